The zero-order valence-electron chi connectivity index (χ0n) is 11.5. The van der Waals surface area contributed by atoms with E-state index in [1.54, 1.807) is 20.9 Å². The van der Waals surface area contributed by atoms with Gasteiger partial charge in [0.25, 0.3) is 0 Å². The van der Waals surface area contributed by atoms with Crippen LogP contribution in [0, 0.1) is 11.8 Å². The summed E-state index contributed by atoms with van der Waals surface area (Å²) >= 11 is 0. The maximum atomic E-state index is 12.3. The highest BCUT2D eigenvalue weighted by Crippen LogP contribution is 2.30. The summed E-state index contributed by atoms with van der Waals surface area (Å²) in [6.45, 7) is 3.79. The molecule has 0 spiro atoms. The number of carboxylic acids is 1. The van der Waals surface area contributed by atoms with Gasteiger partial charge in [-0.25, -0.2) is 4.79 Å². The number of aliphatic carboxylic acids is 1. The highest BCUT2D eigenvalue weighted by atomic mass is 16.4. The lowest BCUT2D eigenvalue weighted by molar-refractivity contribution is -0.157. The molecule has 0 aliphatic heterocycles. The molecular formula is C13H24N2O3. The fourth-order valence-electron chi connectivity index (χ4n) is 2.34. The van der Waals surface area contributed by atoms with Crippen LogP contribution in [0.15, 0.2) is 0 Å². The van der Waals surface area contributed by atoms with Gasteiger partial charge in [-0.2, -0.15) is 0 Å². The van der Waals surface area contributed by atoms with Crippen LogP contribution in [-0.2, 0) is 9.59 Å². The fraction of sp³-hybridized carbons (Fsp3) is 0.846. The van der Waals surface area contributed by atoms with E-state index in [1.807, 2.05) is 0 Å². The van der Waals surface area contributed by atoms with E-state index in [-0.39, 0.29) is 11.8 Å². The number of likely N-dealkylation sites (N-methyl/N-ethyl adjacent to an activating group) is 1. The average Bonchev–Trinajstić information content (AvgIpc) is 2.36. The molecule has 18 heavy (non-hydrogen) atoms. The Hall–Kier alpha value is -1.10. The Balaban J connectivity index is 2.63. The largest absolute Gasteiger partial charge is 0.480 e. The Morgan fingerprint density at radius 1 is 1.28 bits per heavy atom. The second-order valence-electron chi connectivity index (χ2n) is 5.71. The number of nitrogens with two attached hydrogens (primary N) is 1. The molecule has 1 aliphatic carbocycles. The van der Waals surface area contributed by atoms with Crippen molar-refractivity contribution in [2.24, 2.45) is 17.6 Å². The van der Waals surface area contributed by atoms with E-state index in [2.05, 4.69) is 0 Å². The minimum absolute atomic E-state index is 0.0450. The molecule has 0 radical (unpaired) electrons. The van der Waals surface area contributed by atoms with Crippen LogP contribution in [0.5, 0.6) is 0 Å². The smallest absolute Gasteiger partial charge is 0.329 e. The second-order valence-corrected chi connectivity index (χ2v) is 5.71. The third kappa shape index (κ3) is 3.02. The first-order valence-electron chi connectivity index (χ1n) is 6.51. The van der Waals surface area contributed by atoms with E-state index in [9.17, 15) is 9.59 Å². The minimum atomic E-state index is -1.15. The van der Waals surface area contributed by atoms with Gasteiger partial charge >= 0.3 is 5.97 Å². The maximum Gasteiger partial charge on any atom is 0.329 e. The first-order valence-corrected chi connectivity index (χ1v) is 6.51. The molecule has 0 bridgehead atoms. The summed E-state index contributed by atoms with van der Waals surface area (Å²) in [7, 11) is 1.57. The minimum Gasteiger partial charge on any atom is -0.480 e. The van der Waals surface area contributed by atoms with Crippen LogP contribution in [-0.4, -0.2) is 41.0 Å². The summed E-state index contributed by atoms with van der Waals surface area (Å²) < 4.78 is 0. The zero-order valence-corrected chi connectivity index (χ0v) is 11.5. The number of carbonyl (C=O) groups excluding carboxylic acids is 1. The van der Waals surface area contributed by atoms with Gasteiger partial charge in [0.05, 0.1) is 0 Å². The van der Waals surface area contributed by atoms with E-state index in [4.69, 9.17) is 10.8 Å². The molecule has 0 atom stereocenters. The van der Waals surface area contributed by atoms with Gasteiger partial charge in [0.15, 0.2) is 0 Å². The normalized spacial score (nSPS) is 24.7. The molecule has 1 amide bonds. The van der Waals surface area contributed by atoms with Gasteiger partial charge in [-0.15, -0.1) is 0 Å². The van der Waals surface area contributed by atoms with E-state index in [0.717, 1.165) is 25.7 Å². The van der Waals surface area contributed by atoms with Gasteiger partial charge in [-0.3, -0.25) is 4.79 Å². The van der Waals surface area contributed by atoms with Crippen LogP contribution in [0.4, 0.5) is 0 Å². The lowest BCUT2D eigenvalue weighted by Gasteiger charge is -2.36. The monoisotopic (exact) mass is 256 g/mol. The molecule has 5 heteroatoms. The van der Waals surface area contributed by atoms with E-state index in [0.29, 0.717) is 12.5 Å². The summed E-state index contributed by atoms with van der Waals surface area (Å²) in [5.74, 6) is -0.560. The number of nitrogens with zero attached hydrogens (tertiary/aromatic N) is 1. The van der Waals surface area contributed by atoms with Crippen LogP contribution in [0.25, 0.3) is 0 Å². The summed E-state index contributed by atoms with van der Waals surface area (Å²) in [6, 6.07) is 0. The zero-order chi connectivity index (χ0) is 13.9. The van der Waals surface area contributed by atoms with Crippen molar-refractivity contribution >= 4 is 11.9 Å². The van der Waals surface area contributed by atoms with E-state index < -0.39 is 11.5 Å². The van der Waals surface area contributed by atoms with Crippen molar-refractivity contribution in [3.63, 3.8) is 0 Å². The standard InChI is InChI=1S/C13H24N2O3/c1-13(2,12(17)18)15(3)11(16)10-6-4-9(8-14)5-7-10/h9-10H,4-8,14H2,1-3H3,(H,17,18). The van der Waals surface area contributed by atoms with Gasteiger partial charge in [0, 0.05) is 13.0 Å². The van der Waals surface area contributed by atoms with Gasteiger partial charge < -0.3 is 15.7 Å². The molecule has 0 aromatic rings. The molecule has 1 fully saturated rings. The summed E-state index contributed by atoms with van der Waals surface area (Å²) in [5, 5.41) is 9.13. The van der Waals surface area contributed by atoms with Crippen molar-refractivity contribution in [2.45, 2.75) is 45.1 Å². The predicted octanol–water partition coefficient (Wildman–Crippen LogP) is 1.07. The van der Waals surface area contributed by atoms with Gasteiger partial charge in [0.2, 0.25) is 5.91 Å². The van der Waals surface area contributed by atoms with E-state index in [1.165, 1.54) is 4.90 Å². The molecule has 1 aliphatic rings. The highest BCUT2D eigenvalue weighted by molar-refractivity contribution is 5.87. The third-order valence-corrected chi connectivity index (χ3v) is 4.22. The predicted molar refractivity (Wildman–Crippen MR) is 69.0 cm³/mol. The number of carbonyl (C=O) groups is 2. The van der Waals surface area contributed by atoms with Crippen LogP contribution in [0.1, 0.15) is 39.5 Å². The maximum absolute atomic E-state index is 12.3. The quantitative estimate of drug-likeness (QED) is 0.788. The average molecular weight is 256 g/mol. The molecule has 0 aromatic carbocycles. The molecule has 0 saturated heterocycles. The fourth-order valence-corrected chi connectivity index (χ4v) is 2.34. The molecule has 104 valence electrons. The molecule has 1 saturated carbocycles. The molecule has 3 N–H and O–H groups in total. The lowest BCUT2D eigenvalue weighted by Crippen LogP contribution is -2.52. The Morgan fingerprint density at radius 2 is 1.78 bits per heavy atom. The first kappa shape index (κ1) is 15.0. The SMILES string of the molecule is CN(C(=O)C1CCC(CN)CC1)C(C)(C)C(=O)O. The van der Waals surface area contributed by atoms with Crippen molar-refractivity contribution in [3.8, 4) is 0 Å². The van der Waals surface area contributed by atoms with Crippen LogP contribution >= 0.6 is 0 Å². The number of rotatable bonds is 4. The molecule has 0 heterocycles. The topological polar surface area (TPSA) is 83.6 Å². The number of hydrogen-bond donors (Lipinski definition) is 2. The Labute approximate surface area is 108 Å². The molecule has 5 nitrogen and oxygen atoms in total. The van der Waals surface area contributed by atoms with Gasteiger partial charge in [0.1, 0.15) is 5.54 Å². The number of hydrogen-bond acceptors (Lipinski definition) is 3. The van der Waals surface area contributed by atoms with Crippen LogP contribution in [0.3, 0.4) is 0 Å². The lowest BCUT2D eigenvalue weighted by atomic mass is 9.81. The van der Waals surface area contributed by atoms with Gasteiger partial charge in [-0.05, 0) is 52.0 Å². The molecule has 0 aromatic heterocycles. The second kappa shape index (κ2) is 5.69. The highest BCUT2D eigenvalue weighted by Gasteiger charge is 2.38. The Bertz CT molecular complexity index is 320. The summed E-state index contributed by atoms with van der Waals surface area (Å²) in [6.07, 6.45) is 3.57. The van der Waals surface area contributed by atoms with Crippen molar-refractivity contribution in [1.29, 1.82) is 0 Å². The Kier molecular flexibility index (Phi) is 4.73. The van der Waals surface area contributed by atoms with Crippen LogP contribution in [0.2, 0.25) is 0 Å². The number of amides is 1. The summed E-state index contributed by atoms with van der Waals surface area (Å²) in [5.41, 5.74) is 4.47. The molecule has 1 rings (SSSR count). The first-order chi connectivity index (χ1) is 8.30. The van der Waals surface area contributed by atoms with Crippen molar-refractivity contribution in [2.75, 3.05) is 13.6 Å². The third-order valence-electron chi connectivity index (χ3n) is 4.22. The molecule has 0 unspecified atom stereocenters. The van der Waals surface area contributed by atoms with Crippen molar-refractivity contribution < 1.29 is 14.7 Å². The Morgan fingerprint density at radius 3 is 2.17 bits per heavy atom. The number of carboxylic acid groups (broad SMARTS) is 1. The van der Waals surface area contributed by atoms with Gasteiger partial charge in [-0.1, -0.05) is 0 Å². The van der Waals surface area contributed by atoms with Crippen LogP contribution < -0.4 is 5.73 Å². The van der Waals surface area contributed by atoms with Crippen molar-refractivity contribution in [1.82, 2.24) is 4.90 Å². The van der Waals surface area contributed by atoms with E-state index >= 15 is 0 Å². The van der Waals surface area contributed by atoms with Crippen molar-refractivity contribution in [3.05, 3.63) is 0 Å². The molecular weight excluding hydrogens is 232 g/mol. The summed E-state index contributed by atoms with van der Waals surface area (Å²) in [4.78, 5) is 24.8.